The van der Waals surface area contributed by atoms with Gasteiger partial charge in [-0.1, -0.05) is 35.9 Å². The minimum absolute atomic E-state index is 0.316. The molecule has 2 aliphatic heterocycles. The van der Waals surface area contributed by atoms with E-state index in [1.165, 1.54) is 0 Å². The Balaban J connectivity index is 1.31. The lowest BCUT2D eigenvalue weighted by atomic mass is 9.84. The van der Waals surface area contributed by atoms with Gasteiger partial charge in [0.15, 0.2) is 0 Å². The molecule has 0 radical (unpaired) electrons. The molecule has 1 fully saturated rings. The molecule has 7 heteroatoms. The SMILES string of the molecule is CCOC(=O)c1cccc2c1C/C(=C/CCN1CCC(O)(c3ccc(Cl)cc3)CC1)c1cccnc1O2. The van der Waals surface area contributed by atoms with Crippen molar-refractivity contribution in [2.75, 3.05) is 26.2 Å². The first-order valence-electron chi connectivity index (χ1n) is 12.8. The highest BCUT2D eigenvalue weighted by atomic mass is 35.5. The summed E-state index contributed by atoms with van der Waals surface area (Å²) in [6, 6.07) is 16.9. The number of aliphatic hydroxyl groups is 1. The van der Waals surface area contributed by atoms with Gasteiger partial charge in [0.1, 0.15) is 5.75 Å². The summed E-state index contributed by atoms with van der Waals surface area (Å²) in [4.78, 5) is 19.5. The van der Waals surface area contributed by atoms with Crippen molar-refractivity contribution in [1.29, 1.82) is 0 Å². The van der Waals surface area contributed by atoms with Gasteiger partial charge in [-0.25, -0.2) is 9.78 Å². The summed E-state index contributed by atoms with van der Waals surface area (Å²) < 4.78 is 11.5. The number of carbonyl (C=O) groups excluding carboxylic acids is 1. The number of hydrogen-bond donors (Lipinski definition) is 1. The minimum atomic E-state index is -0.810. The zero-order valence-corrected chi connectivity index (χ0v) is 21.7. The van der Waals surface area contributed by atoms with E-state index in [1.807, 2.05) is 48.5 Å². The highest BCUT2D eigenvalue weighted by Gasteiger charge is 2.33. The quantitative estimate of drug-likeness (QED) is 0.402. The summed E-state index contributed by atoms with van der Waals surface area (Å²) in [6.07, 6.45) is 6.69. The van der Waals surface area contributed by atoms with Crippen LogP contribution < -0.4 is 4.74 Å². The number of rotatable bonds is 6. The molecular formula is C30H31ClN2O4. The Hall–Kier alpha value is -3.19. The number of pyridine rings is 1. The summed E-state index contributed by atoms with van der Waals surface area (Å²) in [5.74, 6) is 0.827. The molecule has 5 rings (SSSR count). The van der Waals surface area contributed by atoms with Gasteiger partial charge >= 0.3 is 5.97 Å². The third-order valence-corrected chi connectivity index (χ3v) is 7.47. The summed E-state index contributed by atoms with van der Waals surface area (Å²) in [5.41, 5.74) is 3.47. The van der Waals surface area contributed by atoms with E-state index >= 15 is 0 Å². The molecule has 1 saturated heterocycles. The van der Waals surface area contributed by atoms with Crippen LogP contribution in [0.3, 0.4) is 0 Å². The number of nitrogens with zero attached hydrogens (tertiary/aromatic N) is 2. The molecule has 0 spiro atoms. The van der Waals surface area contributed by atoms with Crippen LogP contribution in [0.1, 0.15) is 53.2 Å². The van der Waals surface area contributed by atoms with Gasteiger partial charge in [-0.05, 0) is 73.7 Å². The molecule has 0 aliphatic carbocycles. The van der Waals surface area contributed by atoms with E-state index in [1.54, 1.807) is 19.2 Å². The number of allylic oxidation sites excluding steroid dienone is 1. The molecule has 1 N–H and O–H groups in total. The molecule has 1 aromatic heterocycles. The molecule has 192 valence electrons. The topological polar surface area (TPSA) is 71.9 Å². The van der Waals surface area contributed by atoms with Gasteiger partial charge in [-0.15, -0.1) is 0 Å². The Morgan fingerprint density at radius 1 is 1.16 bits per heavy atom. The number of likely N-dealkylation sites (tertiary alicyclic amines) is 1. The maximum absolute atomic E-state index is 12.7. The largest absolute Gasteiger partial charge is 0.462 e. The fourth-order valence-electron chi connectivity index (χ4n) is 5.15. The second kappa shape index (κ2) is 11.1. The van der Waals surface area contributed by atoms with Gasteiger partial charge < -0.3 is 19.5 Å². The van der Waals surface area contributed by atoms with E-state index in [-0.39, 0.29) is 5.97 Å². The normalized spacial score (nSPS) is 17.9. The summed E-state index contributed by atoms with van der Waals surface area (Å²) in [6.45, 7) is 4.64. The Labute approximate surface area is 222 Å². The standard InChI is InChI=1S/C30H31ClN2O4/c1-2-36-29(34)25-7-3-9-27-26(25)20-21(24-8-4-16-32-28(24)37-27)6-5-17-33-18-14-30(35,15-19-33)22-10-12-23(31)13-11-22/h3-4,6-13,16,35H,2,5,14-15,17-20H2,1H3/b21-6-. The van der Waals surface area contributed by atoms with Crippen LogP contribution in [0.4, 0.5) is 0 Å². The van der Waals surface area contributed by atoms with Crippen LogP contribution in [0.5, 0.6) is 11.6 Å². The fourth-order valence-corrected chi connectivity index (χ4v) is 5.27. The molecule has 6 nitrogen and oxygen atoms in total. The second-order valence-corrected chi connectivity index (χ2v) is 9.97. The highest BCUT2D eigenvalue weighted by Crippen LogP contribution is 2.39. The van der Waals surface area contributed by atoms with Crippen molar-refractivity contribution >= 4 is 23.1 Å². The number of benzene rings is 2. The first-order valence-corrected chi connectivity index (χ1v) is 13.2. The summed E-state index contributed by atoms with van der Waals surface area (Å²) in [5, 5.41) is 11.9. The molecule has 37 heavy (non-hydrogen) atoms. The number of carbonyl (C=O) groups is 1. The Morgan fingerprint density at radius 2 is 1.95 bits per heavy atom. The lowest BCUT2D eigenvalue weighted by Gasteiger charge is -2.38. The molecule has 0 saturated carbocycles. The Kier molecular flexibility index (Phi) is 7.60. The molecule has 2 aliphatic rings. The van der Waals surface area contributed by atoms with Gasteiger partial charge in [-0.2, -0.15) is 0 Å². The zero-order chi connectivity index (χ0) is 25.8. The molecule has 0 amide bonds. The van der Waals surface area contributed by atoms with Crippen LogP contribution in [0, 0.1) is 0 Å². The smallest absolute Gasteiger partial charge is 0.338 e. The number of aromatic nitrogens is 1. The van der Waals surface area contributed by atoms with E-state index in [4.69, 9.17) is 21.1 Å². The van der Waals surface area contributed by atoms with Crippen LogP contribution >= 0.6 is 11.6 Å². The van der Waals surface area contributed by atoms with Crippen LogP contribution in [0.25, 0.3) is 5.57 Å². The maximum Gasteiger partial charge on any atom is 0.338 e. The molecule has 0 unspecified atom stereocenters. The third-order valence-electron chi connectivity index (χ3n) is 7.22. The van der Waals surface area contributed by atoms with Crippen molar-refractivity contribution in [2.45, 2.75) is 38.2 Å². The van der Waals surface area contributed by atoms with Crippen molar-refractivity contribution in [3.05, 3.63) is 94.1 Å². The van der Waals surface area contributed by atoms with Crippen LogP contribution in [-0.4, -0.2) is 47.2 Å². The van der Waals surface area contributed by atoms with E-state index in [0.717, 1.165) is 48.3 Å². The maximum atomic E-state index is 12.7. The number of esters is 1. The lowest BCUT2D eigenvalue weighted by molar-refractivity contribution is -0.0254. The average molecular weight is 519 g/mol. The molecule has 2 aromatic carbocycles. The third kappa shape index (κ3) is 5.57. The average Bonchev–Trinajstić information content (AvgIpc) is 3.07. The molecule has 0 bridgehead atoms. The van der Waals surface area contributed by atoms with E-state index in [9.17, 15) is 9.90 Å². The second-order valence-electron chi connectivity index (χ2n) is 9.54. The van der Waals surface area contributed by atoms with E-state index < -0.39 is 5.60 Å². The molecular weight excluding hydrogens is 488 g/mol. The molecule has 3 aromatic rings. The summed E-state index contributed by atoms with van der Waals surface area (Å²) >= 11 is 6.02. The van der Waals surface area contributed by atoms with Crippen molar-refractivity contribution < 1.29 is 19.4 Å². The number of halogens is 1. The van der Waals surface area contributed by atoms with Gasteiger partial charge in [0, 0.05) is 48.4 Å². The van der Waals surface area contributed by atoms with Crippen molar-refractivity contribution in [2.24, 2.45) is 0 Å². The summed E-state index contributed by atoms with van der Waals surface area (Å²) in [7, 11) is 0. The zero-order valence-electron chi connectivity index (χ0n) is 21.0. The number of hydrogen-bond acceptors (Lipinski definition) is 6. The number of ether oxygens (including phenoxy) is 2. The van der Waals surface area contributed by atoms with Crippen LogP contribution in [-0.2, 0) is 16.8 Å². The monoisotopic (exact) mass is 518 g/mol. The first-order chi connectivity index (χ1) is 18.0. The van der Waals surface area contributed by atoms with Gasteiger partial charge in [0.2, 0.25) is 5.88 Å². The minimum Gasteiger partial charge on any atom is -0.462 e. The fraction of sp³-hybridized carbons (Fsp3) is 0.333. The molecule has 3 heterocycles. The number of piperidine rings is 1. The Bertz CT molecular complexity index is 1300. The van der Waals surface area contributed by atoms with Crippen LogP contribution in [0.2, 0.25) is 5.02 Å². The van der Waals surface area contributed by atoms with Gasteiger partial charge in [-0.3, -0.25) is 0 Å². The Morgan fingerprint density at radius 3 is 2.70 bits per heavy atom. The first kappa shape index (κ1) is 25.5. The van der Waals surface area contributed by atoms with Crippen molar-refractivity contribution in [1.82, 2.24) is 9.88 Å². The predicted molar refractivity (Wildman–Crippen MR) is 144 cm³/mol. The predicted octanol–water partition coefficient (Wildman–Crippen LogP) is 6.02. The van der Waals surface area contributed by atoms with Gasteiger partial charge in [0.25, 0.3) is 0 Å². The lowest BCUT2D eigenvalue weighted by Crippen LogP contribution is -2.42. The van der Waals surface area contributed by atoms with Crippen molar-refractivity contribution in [3.63, 3.8) is 0 Å². The highest BCUT2D eigenvalue weighted by molar-refractivity contribution is 6.30. The number of fused-ring (bicyclic) bond motifs is 2. The van der Waals surface area contributed by atoms with E-state index in [0.29, 0.717) is 48.1 Å². The van der Waals surface area contributed by atoms with E-state index in [2.05, 4.69) is 16.0 Å². The van der Waals surface area contributed by atoms with Gasteiger partial charge in [0.05, 0.1) is 17.8 Å². The van der Waals surface area contributed by atoms with Crippen molar-refractivity contribution in [3.8, 4) is 11.6 Å². The molecule has 0 atom stereocenters. The van der Waals surface area contributed by atoms with Crippen LogP contribution in [0.15, 0.2) is 66.9 Å².